The highest BCUT2D eigenvalue weighted by molar-refractivity contribution is 5.76. The standard InChI is InChI=1S/C18H30N2O/c1-14(2)18(16-11-8-7-10-15(16)3)20-17(21)12-6-4-5-9-13-19/h7-8,10-11,14,18H,4-6,9,12-13,19H2,1-3H3,(H,20,21). The molecule has 0 heterocycles. The van der Waals surface area contributed by atoms with Gasteiger partial charge in [-0.05, 0) is 43.4 Å². The number of benzene rings is 1. The van der Waals surface area contributed by atoms with Gasteiger partial charge in [-0.15, -0.1) is 0 Å². The van der Waals surface area contributed by atoms with E-state index < -0.39 is 0 Å². The van der Waals surface area contributed by atoms with Crippen molar-refractivity contribution in [3.8, 4) is 0 Å². The first-order chi connectivity index (χ1) is 10.1. The third-order valence-corrected chi connectivity index (χ3v) is 3.86. The van der Waals surface area contributed by atoms with E-state index >= 15 is 0 Å². The highest BCUT2D eigenvalue weighted by Gasteiger charge is 2.19. The molecule has 0 saturated carbocycles. The summed E-state index contributed by atoms with van der Waals surface area (Å²) in [6, 6.07) is 8.39. The van der Waals surface area contributed by atoms with E-state index in [0.717, 1.165) is 32.2 Å². The molecule has 0 saturated heterocycles. The van der Waals surface area contributed by atoms with Crippen LogP contribution in [0.25, 0.3) is 0 Å². The maximum absolute atomic E-state index is 12.1. The van der Waals surface area contributed by atoms with Crippen LogP contribution in [-0.4, -0.2) is 12.5 Å². The maximum Gasteiger partial charge on any atom is 0.220 e. The van der Waals surface area contributed by atoms with Gasteiger partial charge in [0, 0.05) is 6.42 Å². The molecule has 1 rings (SSSR count). The quantitative estimate of drug-likeness (QED) is 0.681. The molecule has 1 atom stereocenters. The number of hydrogen-bond donors (Lipinski definition) is 2. The highest BCUT2D eigenvalue weighted by Crippen LogP contribution is 2.24. The number of nitrogens with two attached hydrogens (primary N) is 1. The van der Waals surface area contributed by atoms with E-state index in [-0.39, 0.29) is 11.9 Å². The molecule has 1 unspecified atom stereocenters. The van der Waals surface area contributed by atoms with Crippen LogP contribution in [0.3, 0.4) is 0 Å². The minimum atomic E-state index is 0.0998. The number of amides is 1. The summed E-state index contributed by atoms with van der Waals surface area (Å²) in [4.78, 5) is 12.1. The fourth-order valence-electron chi connectivity index (χ4n) is 2.57. The lowest BCUT2D eigenvalue weighted by molar-refractivity contribution is -0.122. The molecule has 3 nitrogen and oxygen atoms in total. The molecular weight excluding hydrogens is 260 g/mol. The van der Waals surface area contributed by atoms with Crippen molar-refractivity contribution in [3.05, 3.63) is 35.4 Å². The van der Waals surface area contributed by atoms with E-state index in [1.165, 1.54) is 11.1 Å². The van der Waals surface area contributed by atoms with Gasteiger partial charge in [-0.25, -0.2) is 0 Å². The normalized spacial score (nSPS) is 12.4. The van der Waals surface area contributed by atoms with Gasteiger partial charge in [-0.3, -0.25) is 4.79 Å². The average molecular weight is 290 g/mol. The Morgan fingerprint density at radius 3 is 2.43 bits per heavy atom. The summed E-state index contributed by atoms with van der Waals surface area (Å²) in [5.74, 6) is 0.539. The van der Waals surface area contributed by atoms with Crippen LogP contribution in [0.15, 0.2) is 24.3 Å². The average Bonchev–Trinajstić information content (AvgIpc) is 2.45. The zero-order valence-electron chi connectivity index (χ0n) is 13.7. The van der Waals surface area contributed by atoms with E-state index in [4.69, 9.17) is 5.73 Å². The van der Waals surface area contributed by atoms with Crippen molar-refractivity contribution in [2.24, 2.45) is 11.7 Å². The van der Waals surface area contributed by atoms with E-state index in [1.54, 1.807) is 0 Å². The predicted molar refractivity (Wildman–Crippen MR) is 89.0 cm³/mol. The van der Waals surface area contributed by atoms with Crippen LogP contribution >= 0.6 is 0 Å². The molecule has 0 aliphatic rings. The monoisotopic (exact) mass is 290 g/mol. The molecule has 3 N–H and O–H groups in total. The van der Waals surface area contributed by atoms with Crippen molar-refractivity contribution >= 4 is 5.91 Å². The molecule has 0 aliphatic heterocycles. The second-order valence-electron chi connectivity index (χ2n) is 6.10. The lowest BCUT2D eigenvalue weighted by atomic mass is 9.92. The van der Waals surface area contributed by atoms with Gasteiger partial charge in [0.2, 0.25) is 5.91 Å². The van der Waals surface area contributed by atoms with Crippen molar-refractivity contribution in [2.45, 2.75) is 58.9 Å². The molecule has 118 valence electrons. The van der Waals surface area contributed by atoms with Gasteiger partial charge in [-0.1, -0.05) is 51.0 Å². The van der Waals surface area contributed by atoms with Crippen molar-refractivity contribution in [1.29, 1.82) is 0 Å². The molecule has 1 aromatic rings. The van der Waals surface area contributed by atoms with Gasteiger partial charge in [0.1, 0.15) is 0 Å². The number of nitrogens with one attached hydrogen (secondary N) is 1. The second-order valence-corrected chi connectivity index (χ2v) is 6.10. The summed E-state index contributed by atoms with van der Waals surface area (Å²) in [6.07, 6.45) is 4.82. The summed E-state index contributed by atoms with van der Waals surface area (Å²) in [6.45, 7) is 7.15. The molecule has 0 aliphatic carbocycles. The Balaban J connectivity index is 2.52. The summed E-state index contributed by atoms with van der Waals surface area (Å²) in [5, 5.41) is 3.20. The minimum Gasteiger partial charge on any atom is -0.349 e. The largest absolute Gasteiger partial charge is 0.349 e. The maximum atomic E-state index is 12.1. The first kappa shape index (κ1) is 17.7. The third-order valence-electron chi connectivity index (χ3n) is 3.86. The minimum absolute atomic E-state index is 0.0998. The Bertz CT molecular complexity index is 429. The van der Waals surface area contributed by atoms with Crippen LogP contribution in [0.5, 0.6) is 0 Å². The number of hydrogen-bond acceptors (Lipinski definition) is 2. The Morgan fingerprint density at radius 1 is 1.14 bits per heavy atom. The highest BCUT2D eigenvalue weighted by atomic mass is 16.1. The molecule has 0 spiro atoms. The lowest BCUT2D eigenvalue weighted by Gasteiger charge is -2.24. The van der Waals surface area contributed by atoms with Gasteiger partial charge < -0.3 is 11.1 Å². The fraction of sp³-hybridized carbons (Fsp3) is 0.611. The Hall–Kier alpha value is -1.35. The molecule has 0 aromatic heterocycles. The Labute approximate surface area is 129 Å². The summed E-state index contributed by atoms with van der Waals surface area (Å²) >= 11 is 0. The van der Waals surface area contributed by atoms with Gasteiger partial charge in [-0.2, -0.15) is 0 Å². The molecule has 21 heavy (non-hydrogen) atoms. The predicted octanol–water partition coefficient (Wildman–Crippen LogP) is 3.72. The number of rotatable bonds is 9. The smallest absolute Gasteiger partial charge is 0.220 e. The third kappa shape index (κ3) is 6.30. The summed E-state index contributed by atoms with van der Waals surface area (Å²) in [7, 11) is 0. The Morgan fingerprint density at radius 2 is 1.81 bits per heavy atom. The van der Waals surface area contributed by atoms with Crippen LogP contribution in [0.2, 0.25) is 0 Å². The lowest BCUT2D eigenvalue weighted by Crippen LogP contribution is -2.32. The fourth-order valence-corrected chi connectivity index (χ4v) is 2.57. The van der Waals surface area contributed by atoms with Crippen LogP contribution in [0.1, 0.15) is 63.1 Å². The van der Waals surface area contributed by atoms with Crippen molar-refractivity contribution in [1.82, 2.24) is 5.32 Å². The number of unbranched alkanes of at least 4 members (excludes halogenated alkanes) is 3. The Kier molecular flexibility index (Phi) is 8.06. The van der Waals surface area contributed by atoms with Crippen LogP contribution in [0, 0.1) is 12.8 Å². The van der Waals surface area contributed by atoms with Gasteiger partial charge >= 0.3 is 0 Å². The summed E-state index contributed by atoms with van der Waals surface area (Å²) in [5.41, 5.74) is 7.93. The zero-order valence-corrected chi connectivity index (χ0v) is 13.7. The first-order valence-electron chi connectivity index (χ1n) is 8.11. The van der Waals surface area contributed by atoms with Crippen molar-refractivity contribution in [2.75, 3.05) is 6.54 Å². The number of aryl methyl sites for hydroxylation is 1. The van der Waals surface area contributed by atoms with Crippen LogP contribution in [-0.2, 0) is 4.79 Å². The summed E-state index contributed by atoms with van der Waals surface area (Å²) < 4.78 is 0. The molecule has 1 aromatic carbocycles. The topological polar surface area (TPSA) is 55.1 Å². The number of carbonyl (C=O) groups is 1. The van der Waals surface area contributed by atoms with Crippen molar-refractivity contribution in [3.63, 3.8) is 0 Å². The molecule has 0 bridgehead atoms. The number of carbonyl (C=O) groups excluding carboxylic acids is 1. The molecule has 0 radical (unpaired) electrons. The van der Waals surface area contributed by atoms with Gasteiger partial charge in [0.25, 0.3) is 0 Å². The van der Waals surface area contributed by atoms with Gasteiger partial charge in [0.15, 0.2) is 0 Å². The molecule has 0 fully saturated rings. The van der Waals surface area contributed by atoms with Crippen LogP contribution < -0.4 is 11.1 Å². The van der Waals surface area contributed by atoms with E-state index in [1.807, 2.05) is 12.1 Å². The molecule has 1 amide bonds. The first-order valence-corrected chi connectivity index (χ1v) is 8.11. The second kappa shape index (κ2) is 9.56. The van der Waals surface area contributed by atoms with E-state index in [9.17, 15) is 4.79 Å². The molecular formula is C18H30N2O. The van der Waals surface area contributed by atoms with Gasteiger partial charge in [0.05, 0.1) is 6.04 Å². The van der Waals surface area contributed by atoms with Crippen LogP contribution in [0.4, 0.5) is 0 Å². The SMILES string of the molecule is Cc1ccccc1C(NC(=O)CCCCCCN)C(C)C. The molecule has 3 heteroatoms. The van der Waals surface area contributed by atoms with Crippen molar-refractivity contribution < 1.29 is 4.79 Å². The van der Waals surface area contributed by atoms with E-state index in [2.05, 4.69) is 38.2 Å². The zero-order chi connectivity index (χ0) is 15.7. The van der Waals surface area contributed by atoms with E-state index in [0.29, 0.717) is 12.3 Å².